The number of β-amino-alcohol motifs (C(OH)–C–C–N with tert-alkyl or cyclic N) is 1. The van der Waals surface area contributed by atoms with Gasteiger partial charge in [-0.1, -0.05) is 0 Å². The number of aliphatic hydroxyl groups is 1. The summed E-state index contributed by atoms with van der Waals surface area (Å²) in [5, 5.41) is 15.8. The molecule has 0 saturated carbocycles. The van der Waals surface area contributed by atoms with Crippen LogP contribution in [0.1, 0.15) is 40.7 Å². The van der Waals surface area contributed by atoms with Crippen LogP contribution in [0.5, 0.6) is 5.75 Å². The van der Waals surface area contributed by atoms with Crippen molar-refractivity contribution < 1.29 is 19.4 Å². The zero-order valence-electron chi connectivity index (χ0n) is 16.8. The molecule has 3 N–H and O–H groups in total. The van der Waals surface area contributed by atoms with Crippen molar-refractivity contribution in [2.45, 2.75) is 39.2 Å². The number of hydrogen-bond donors (Lipinski definition) is 3. The highest BCUT2D eigenvalue weighted by atomic mass is 16.5. The quantitative estimate of drug-likeness (QED) is 0.675. The number of amides is 2. The van der Waals surface area contributed by atoms with Crippen molar-refractivity contribution in [3.05, 3.63) is 28.8 Å². The number of aliphatic hydroxyl groups excluding tert-OH is 1. The second-order valence-corrected chi connectivity index (χ2v) is 7.86. The van der Waals surface area contributed by atoms with Gasteiger partial charge in [0.25, 0.3) is 11.8 Å². The van der Waals surface area contributed by atoms with Crippen LogP contribution in [0.2, 0.25) is 0 Å². The lowest BCUT2D eigenvalue weighted by molar-refractivity contribution is -0.134. The third kappa shape index (κ3) is 5.02. The highest BCUT2D eigenvalue weighted by Crippen LogP contribution is 2.25. The highest BCUT2D eigenvalue weighted by molar-refractivity contribution is 5.95. The van der Waals surface area contributed by atoms with Gasteiger partial charge in [-0.05, 0) is 56.4 Å². The third-order valence-electron chi connectivity index (χ3n) is 5.60. The van der Waals surface area contributed by atoms with Crippen molar-refractivity contribution >= 4 is 11.8 Å². The maximum atomic E-state index is 12.5. The molecule has 2 fully saturated rings. The topological polar surface area (TPSA) is 90.9 Å². The summed E-state index contributed by atoms with van der Waals surface area (Å²) in [6.07, 6.45) is 2.88. The summed E-state index contributed by atoms with van der Waals surface area (Å²) in [6.45, 7) is 7.13. The van der Waals surface area contributed by atoms with E-state index < -0.39 is 6.10 Å². The molecule has 2 aliphatic heterocycles. The molecular formula is C21H31N3O4. The van der Waals surface area contributed by atoms with Gasteiger partial charge in [0.15, 0.2) is 6.61 Å². The zero-order valence-corrected chi connectivity index (χ0v) is 16.8. The first-order chi connectivity index (χ1) is 13.5. The molecule has 7 nitrogen and oxygen atoms in total. The number of nitrogens with zero attached hydrogens (tertiary/aromatic N) is 1. The fourth-order valence-corrected chi connectivity index (χ4v) is 3.93. The molecule has 1 aromatic rings. The van der Waals surface area contributed by atoms with Crippen molar-refractivity contribution in [1.82, 2.24) is 15.5 Å². The third-order valence-corrected chi connectivity index (χ3v) is 5.60. The lowest BCUT2D eigenvalue weighted by Crippen LogP contribution is -2.38. The number of aryl methyl sites for hydroxylation is 2. The molecule has 0 aromatic heterocycles. The maximum absolute atomic E-state index is 12.5. The normalized spacial score (nSPS) is 22.2. The smallest absolute Gasteiger partial charge is 0.260 e. The maximum Gasteiger partial charge on any atom is 0.260 e. The highest BCUT2D eigenvalue weighted by Gasteiger charge is 2.25. The van der Waals surface area contributed by atoms with Gasteiger partial charge in [-0.3, -0.25) is 9.59 Å². The van der Waals surface area contributed by atoms with E-state index in [1.54, 1.807) is 12.1 Å². The van der Waals surface area contributed by atoms with Crippen LogP contribution in [0.4, 0.5) is 0 Å². The van der Waals surface area contributed by atoms with Gasteiger partial charge in [-0.2, -0.15) is 0 Å². The Kier molecular flexibility index (Phi) is 6.91. The summed E-state index contributed by atoms with van der Waals surface area (Å²) in [5.41, 5.74) is 2.23. The molecule has 7 heteroatoms. The van der Waals surface area contributed by atoms with E-state index in [-0.39, 0.29) is 24.3 Å². The zero-order chi connectivity index (χ0) is 20.1. The van der Waals surface area contributed by atoms with Crippen molar-refractivity contribution in [2.75, 3.05) is 39.3 Å². The number of carbonyl (C=O) groups is 2. The van der Waals surface area contributed by atoms with Gasteiger partial charge in [-0.15, -0.1) is 0 Å². The SMILES string of the molecule is Cc1cc(C(=O)NCC2CNCC2O)cc(C)c1OCC(=O)N1CCCCC1. The average molecular weight is 389 g/mol. The molecule has 0 spiro atoms. The van der Waals surface area contributed by atoms with Crippen LogP contribution in [0.15, 0.2) is 12.1 Å². The standard InChI is InChI=1S/C21H31N3O4/c1-14-8-16(21(27)23-11-17-10-22-12-18(17)25)9-15(2)20(14)28-13-19(26)24-6-4-3-5-7-24/h8-9,17-18,22,25H,3-7,10-13H2,1-2H3,(H,23,27). The minimum absolute atomic E-state index is 0.0176. The van der Waals surface area contributed by atoms with Gasteiger partial charge in [0, 0.05) is 44.2 Å². The Hall–Kier alpha value is -2.12. The van der Waals surface area contributed by atoms with Gasteiger partial charge in [0.05, 0.1) is 6.10 Å². The summed E-state index contributed by atoms with van der Waals surface area (Å²) in [5.74, 6) is 0.553. The molecule has 154 valence electrons. The van der Waals surface area contributed by atoms with Crippen LogP contribution < -0.4 is 15.4 Å². The fourth-order valence-electron chi connectivity index (χ4n) is 3.93. The molecule has 2 heterocycles. The molecule has 2 unspecified atom stereocenters. The Bertz CT molecular complexity index is 693. The number of hydrogen-bond acceptors (Lipinski definition) is 5. The molecule has 2 amide bonds. The van der Waals surface area contributed by atoms with Crippen LogP contribution in [0.25, 0.3) is 0 Å². The minimum Gasteiger partial charge on any atom is -0.483 e. The molecule has 0 bridgehead atoms. The average Bonchev–Trinajstić information content (AvgIpc) is 3.10. The minimum atomic E-state index is -0.419. The van der Waals surface area contributed by atoms with E-state index >= 15 is 0 Å². The van der Waals surface area contributed by atoms with Gasteiger partial charge in [-0.25, -0.2) is 0 Å². The second kappa shape index (κ2) is 9.39. The Morgan fingerprint density at radius 3 is 2.46 bits per heavy atom. The van der Waals surface area contributed by atoms with E-state index in [4.69, 9.17) is 4.74 Å². The summed E-state index contributed by atoms with van der Waals surface area (Å²) < 4.78 is 5.81. The summed E-state index contributed by atoms with van der Waals surface area (Å²) in [4.78, 5) is 26.7. The number of piperidine rings is 1. The number of benzene rings is 1. The molecule has 3 rings (SSSR count). The van der Waals surface area contributed by atoms with Crippen molar-refractivity contribution in [3.63, 3.8) is 0 Å². The Morgan fingerprint density at radius 1 is 1.18 bits per heavy atom. The number of nitrogens with one attached hydrogen (secondary N) is 2. The van der Waals surface area contributed by atoms with Crippen molar-refractivity contribution in [2.24, 2.45) is 5.92 Å². The van der Waals surface area contributed by atoms with Crippen LogP contribution in [0.3, 0.4) is 0 Å². The first-order valence-corrected chi connectivity index (χ1v) is 10.1. The Morgan fingerprint density at radius 2 is 1.86 bits per heavy atom. The second-order valence-electron chi connectivity index (χ2n) is 7.86. The van der Waals surface area contributed by atoms with E-state index in [9.17, 15) is 14.7 Å². The molecule has 2 aliphatic rings. The Labute approximate surface area is 166 Å². The lowest BCUT2D eigenvalue weighted by atomic mass is 10.0. The van der Waals surface area contributed by atoms with E-state index in [0.29, 0.717) is 30.9 Å². The number of rotatable bonds is 6. The van der Waals surface area contributed by atoms with Gasteiger partial charge < -0.3 is 25.4 Å². The van der Waals surface area contributed by atoms with E-state index in [1.165, 1.54) is 6.42 Å². The van der Waals surface area contributed by atoms with Crippen LogP contribution in [0, 0.1) is 19.8 Å². The predicted octanol–water partition coefficient (Wildman–Crippen LogP) is 1.00. The van der Waals surface area contributed by atoms with Gasteiger partial charge in [0.1, 0.15) is 5.75 Å². The number of likely N-dealkylation sites (tertiary alicyclic amines) is 1. The van der Waals surface area contributed by atoms with Crippen molar-refractivity contribution in [1.29, 1.82) is 0 Å². The number of carbonyl (C=O) groups excluding carboxylic acids is 2. The lowest BCUT2D eigenvalue weighted by Gasteiger charge is -2.27. The number of ether oxygens (including phenoxy) is 1. The summed E-state index contributed by atoms with van der Waals surface area (Å²) in [7, 11) is 0. The van der Waals surface area contributed by atoms with Crippen molar-refractivity contribution in [3.8, 4) is 5.75 Å². The molecule has 2 saturated heterocycles. The summed E-state index contributed by atoms with van der Waals surface area (Å²) >= 11 is 0. The van der Waals surface area contributed by atoms with Crippen LogP contribution >= 0.6 is 0 Å². The monoisotopic (exact) mass is 389 g/mol. The molecular weight excluding hydrogens is 358 g/mol. The van der Waals surface area contributed by atoms with Gasteiger partial charge in [0.2, 0.25) is 0 Å². The Balaban J connectivity index is 1.57. The molecule has 0 radical (unpaired) electrons. The molecule has 1 aromatic carbocycles. The molecule has 28 heavy (non-hydrogen) atoms. The fraction of sp³-hybridized carbons (Fsp3) is 0.619. The first kappa shape index (κ1) is 20.6. The first-order valence-electron chi connectivity index (χ1n) is 10.1. The molecule has 2 atom stereocenters. The largest absolute Gasteiger partial charge is 0.483 e. The van der Waals surface area contributed by atoms with Crippen LogP contribution in [-0.4, -0.2) is 67.3 Å². The van der Waals surface area contributed by atoms with E-state index in [0.717, 1.165) is 37.1 Å². The summed E-state index contributed by atoms with van der Waals surface area (Å²) in [6, 6.07) is 3.57. The van der Waals surface area contributed by atoms with Crippen LogP contribution in [-0.2, 0) is 4.79 Å². The van der Waals surface area contributed by atoms with E-state index in [2.05, 4.69) is 10.6 Å². The van der Waals surface area contributed by atoms with Gasteiger partial charge >= 0.3 is 0 Å². The molecule has 0 aliphatic carbocycles. The van der Waals surface area contributed by atoms with E-state index in [1.807, 2.05) is 18.7 Å². The predicted molar refractivity (Wildman–Crippen MR) is 107 cm³/mol.